The van der Waals surface area contributed by atoms with Gasteiger partial charge in [-0.15, -0.1) is 0 Å². The fourth-order valence-electron chi connectivity index (χ4n) is 4.01. The van der Waals surface area contributed by atoms with E-state index in [1.807, 2.05) is 42.2 Å². The first-order chi connectivity index (χ1) is 12.4. The van der Waals surface area contributed by atoms with E-state index in [-0.39, 0.29) is 17.7 Å². The van der Waals surface area contributed by atoms with Gasteiger partial charge >= 0.3 is 0 Å². The van der Waals surface area contributed by atoms with Crippen molar-refractivity contribution in [3.05, 3.63) is 41.6 Å². The molecule has 0 N–H and O–H groups in total. The van der Waals surface area contributed by atoms with Gasteiger partial charge in [-0.05, 0) is 25.5 Å². The molecule has 0 spiro atoms. The van der Waals surface area contributed by atoms with Gasteiger partial charge in [0.15, 0.2) is 9.84 Å². The summed E-state index contributed by atoms with van der Waals surface area (Å²) in [6, 6.07) is 9.69. The minimum absolute atomic E-state index is 0.0328. The van der Waals surface area contributed by atoms with E-state index in [1.54, 1.807) is 0 Å². The lowest BCUT2D eigenvalue weighted by molar-refractivity contribution is 0.0589. The number of amides is 1. The van der Waals surface area contributed by atoms with E-state index in [0.717, 1.165) is 29.7 Å². The van der Waals surface area contributed by atoms with Crippen LogP contribution in [0, 0.1) is 6.92 Å². The number of para-hydroxylation sites is 1. The maximum absolute atomic E-state index is 13.1. The predicted octanol–water partition coefficient (Wildman–Crippen LogP) is 1.49. The first kappa shape index (κ1) is 17.4. The highest BCUT2D eigenvalue weighted by Crippen LogP contribution is 2.22. The zero-order valence-corrected chi connectivity index (χ0v) is 15.7. The Balaban J connectivity index is 1.49. The van der Waals surface area contributed by atoms with Gasteiger partial charge in [0.25, 0.3) is 5.91 Å². The number of aromatic nitrogens is 1. The molecule has 2 aliphatic rings. The number of fused-ring (bicyclic) bond motifs is 1. The molecule has 0 unspecified atom stereocenters. The summed E-state index contributed by atoms with van der Waals surface area (Å²) in [6.45, 7) is 4.62. The highest BCUT2D eigenvalue weighted by molar-refractivity contribution is 7.91. The summed E-state index contributed by atoms with van der Waals surface area (Å²) in [5.41, 5.74) is 2.37. The Labute approximate surface area is 153 Å². The summed E-state index contributed by atoms with van der Waals surface area (Å²) in [5, 5.41) is 0.882. The third-order valence-corrected chi connectivity index (χ3v) is 7.15. The Kier molecular flexibility index (Phi) is 4.44. The Morgan fingerprint density at radius 2 is 1.88 bits per heavy atom. The molecule has 26 heavy (non-hydrogen) atoms. The van der Waals surface area contributed by atoms with Crippen LogP contribution in [0.1, 0.15) is 22.5 Å². The number of benzene rings is 1. The van der Waals surface area contributed by atoms with Crippen LogP contribution in [0.25, 0.3) is 10.9 Å². The number of carbonyl (C=O) groups is 1. The maximum Gasteiger partial charge on any atom is 0.254 e. The number of sulfone groups is 1. The van der Waals surface area contributed by atoms with Gasteiger partial charge in [-0.2, -0.15) is 0 Å². The molecule has 2 aromatic rings. The van der Waals surface area contributed by atoms with Crippen molar-refractivity contribution in [3.63, 3.8) is 0 Å². The highest BCUT2D eigenvalue weighted by Gasteiger charge is 2.34. The van der Waals surface area contributed by atoms with Gasteiger partial charge < -0.3 is 4.90 Å². The van der Waals surface area contributed by atoms with Gasteiger partial charge in [-0.25, -0.2) is 8.42 Å². The van der Waals surface area contributed by atoms with Crippen molar-refractivity contribution >= 4 is 26.6 Å². The van der Waals surface area contributed by atoms with Crippen LogP contribution in [0.4, 0.5) is 0 Å². The van der Waals surface area contributed by atoms with Crippen LogP contribution in [0.2, 0.25) is 0 Å². The molecule has 0 radical (unpaired) electrons. The van der Waals surface area contributed by atoms with Crippen molar-refractivity contribution in [2.24, 2.45) is 0 Å². The van der Waals surface area contributed by atoms with Crippen LogP contribution in [0.5, 0.6) is 0 Å². The predicted molar refractivity (Wildman–Crippen MR) is 101 cm³/mol. The van der Waals surface area contributed by atoms with E-state index in [9.17, 15) is 13.2 Å². The smallest absolute Gasteiger partial charge is 0.254 e. The molecule has 7 heteroatoms. The Hall–Kier alpha value is -1.99. The standard InChI is InChI=1S/C19H23N3O3S/c1-14-12-17(16-4-2-3-5-18(16)20-14)19(23)22-9-7-21(8-10-22)15-6-11-26(24,25)13-15/h2-5,12,15H,6-11,13H2,1H3/t15-/m1/s1. The van der Waals surface area contributed by atoms with Gasteiger partial charge in [-0.1, -0.05) is 18.2 Å². The van der Waals surface area contributed by atoms with Gasteiger partial charge in [0, 0.05) is 43.3 Å². The van der Waals surface area contributed by atoms with Crippen molar-refractivity contribution in [1.29, 1.82) is 0 Å². The molecule has 3 heterocycles. The molecule has 0 bridgehead atoms. The van der Waals surface area contributed by atoms with E-state index in [4.69, 9.17) is 0 Å². The summed E-state index contributed by atoms with van der Waals surface area (Å²) in [4.78, 5) is 21.7. The van der Waals surface area contributed by atoms with E-state index in [2.05, 4.69) is 9.88 Å². The molecule has 0 saturated carbocycles. The molecule has 1 amide bonds. The minimum atomic E-state index is -2.88. The van der Waals surface area contributed by atoms with Gasteiger partial charge in [0.1, 0.15) is 0 Å². The Bertz CT molecular complexity index is 950. The molecule has 4 rings (SSSR count). The molecule has 138 valence electrons. The van der Waals surface area contributed by atoms with Crippen LogP contribution in [0.15, 0.2) is 30.3 Å². The fourth-order valence-corrected chi connectivity index (χ4v) is 5.77. The molecular formula is C19H23N3O3S. The number of rotatable bonds is 2. The number of hydrogen-bond acceptors (Lipinski definition) is 5. The Morgan fingerprint density at radius 3 is 2.58 bits per heavy atom. The average molecular weight is 373 g/mol. The van der Waals surface area contributed by atoms with E-state index >= 15 is 0 Å². The third-order valence-electron chi connectivity index (χ3n) is 5.40. The van der Waals surface area contributed by atoms with Crippen molar-refractivity contribution < 1.29 is 13.2 Å². The summed E-state index contributed by atoms with van der Waals surface area (Å²) < 4.78 is 23.4. The molecule has 0 aliphatic carbocycles. The van der Waals surface area contributed by atoms with Crippen LogP contribution >= 0.6 is 0 Å². The molecule has 1 aromatic carbocycles. The quantitative estimate of drug-likeness (QED) is 0.798. The number of nitrogens with zero attached hydrogens (tertiary/aromatic N) is 3. The molecule has 1 aromatic heterocycles. The lowest BCUT2D eigenvalue weighted by Gasteiger charge is -2.37. The molecule has 6 nitrogen and oxygen atoms in total. The molecule has 1 atom stereocenters. The summed E-state index contributed by atoms with van der Waals surface area (Å²) >= 11 is 0. The van der Waals surface area contributed by atoms with Crippen molar-refractivity contribution in [2.75, 3.05) is 37.7 Å². The minimum Gasteiger partial charge on any atom is -0.336 e. The van der Waals surface area contributed by atoms with Crippen LogP contribution in [-0.4, -0.2) is 72.8 Å². The second-order valence-electron chi connectivity index (χ2n) is 7.21. The third kappa shape index (κ3) is 3.33. The van der Waals surface area contributed by atoms with Crippen molar-refractivity contribution in [2.45, 2.75) is 19.4 Å². The normalized spacial score (nSPS) is 23.4. The lowest BCUT2D eigenvalue weighted by Crippen LogP contribution is -2.52. The van der Waals surface area contributed by atoms with Crippen molar-refractivity contribution in [1.82, 2.24) is 14.8 Å². The molecular weight excluding hydrogens is 350 g/mol. The summed E-state index contributed by atoms with van der Waals surface area (Å²) in [6.07, 6.45) is 0.713. The van der Waals surface area contributed by atoms with Crippen molar-refractivity contribution in [3.8, 4) is 0 Å². The van der Waals surface area contributed by atoms with Gasteiger partial charge in [-0.3, -0.25) is 14.7 Å². The zero-order valence-electron chi connectivity index (χ0n) is 14.9. The largest absolute Gasteiger partial charge is 0.336 e. The number of pyridine rings is 1. The monoisotopic (exact) mass is 373 g/mol. The molecule has 2 fully saturated rings. The first-order valence-electron chi connectivity index (χ1n) is 9.03. The summed E-state index contributed by atoms with van der Waals surface area (Å²) in [5.74, 6) is 0.583. The maximum atomic E-state index is 13.1. The molecule has 2 aliphatic heterocycles. The van der Waals surface area contributed by atoms with Crippen LogP contribution < -0.4 is 0 Å². The SMILES string of the molecule is Cc1cc(C(=O)N2CCN([C@@H]3CCS(=O)(=O)C3)CC2)c2ccccc2n1. The lowest BCUT2D eigenvalue weighted by atomic mass is 10.1. The second-order valence-corrected chi connectivity index (χ2v) is 9.44. The van der Waals surface area contributed by atoms with Gasteiger partial charge in [0.2, 0.25) is 0 Å². The van der Waals surface area contributed by atoms with Crippen LogP contribution in [0.3, 0.4) is 0 Å². The second kappa shape index (κ2) is 6.63. The summed E-state index contributed by atoms with van der Waals surface area (Å²) in [7, 11) is -2.88. The van der Waals surface area contributed by atoms with Gasteiger partial charge in [0.05, 0.1) is 22.6 Å². The first-order valence-corrected chi connectivity index (χ1v) is 10.9. The van der Waals surface area contributed by atoms with E-state index in [0.29, 0.717) is 30.8 Å². The molecule has 2 saturated heterocycles. The number of aryl methyl sites for hydroxylation is 1. The highest BCUT2D eigenvalue weighted by atomic mass is 32.2. The Morgan fingerprint density at radius 1 is 1.15 bits per heavy atom. The van der Waals surface area contributed by atoms with Crippen LogP contribution in [-0.2, 0) is 9.84 Å². The zero-order chi connectivity index (χ0) is 18.3. The average Bonchev–Trinajstić information content (AvgIpc) is 3.00. The number of hydrogen-bond donors (Lipinski definition) is 0. The topological polar surface area (TPSA) is 70.6 Å². The number of piperazine rings is 1. The fraction of sp³-hybridized carbons (Fsp3) is 0.474. The number of carbonyl (C=O) groups excluding carboxylic acids is 1. The van der Waals surface area contributed by atoms with E-state index < -0.39 is 9.84 Å². The van der Waals surface area contributed by atoms with E-state index in [1.165, 1.54) is 0 Å².